The van der Waals surface area contributed by atoms with Gasteiger partial charge in [0.25, 0.3) is 5.91 Å². The number of nitrogen functional groups attached to an aromatic ring is 1. The molecule has 1 aromatic carbocycles. The summed E-state index contributed by atoms with van der Waals surface area (Å²) in [6, 6.07) is 5.82. The molecule has 0 aliphatic carbocycles. The summed E-state index contributed by atoms with van der Waals surface area (Å²) in [5.74, 6) is -0.446. The highest BCUT2D eigenvalue weighted by atomic mass is 16.2. The Morgan fingerprint density at radius 3 is 2.25 bits per heavy atom. The standard InChI is InChI=1S/C11H15N3O2/c1-7(2)13-11(16)14-10(15)8-3-5-9(12)6-4-8/h3-7H,12H2,1-2H3,(H2,13,14,15,16). The summed E-state index contributed by atoms with van der Waals surface area (Å²) in [5.41, 5.74) is 6.45. The number of nitrogens with one attached hydrogen (secondary N) is 2. The van der Waals surface area contributed by atoms with E-state index in [1.807, 2.05) is 13.8 Å². The third kappa shape index (κ3) is 3.61. The summed E-state index contributed by atoms with van der Waals surface area (Å²) >= 11 is 0. The van der Waals surface area contributed by atoms with Gasteiger partial charge in [-0.2, -0.15) is 0 Å². The topological polar surface area (TPSA) is 84.2 Å². The maximum Gasteiger partial charge on any atom is 0.321 e. The van der Waals surface area contributed by atoms with Crippen LogP contribution in [0.2, 0.25) is 0 Å². The third-order valence-electron chi connectivity index (χ3n) is 1.82. The van der Waals surface area contributed by atoms with Crippen molar-refractivity contribution in [2.45, 2.75) is 19.9 Å². The number of benzene rings is 1. The van der Waals surface area contributed by atoms with Crippen LogP contribution in [0.5, 0.6) is 0 Å². The van der Waals surface area contributed by atoms with E-state index in [2.05, 4.69) is 10.6 Å². The molecule has 5 heteroatoms. The summed E-state index contributed by atoms with van der Waals surface area (Å²) in [6.45, 7) is 3.63. The minimum atomic E-state index is -0.503. The van der Waals surface area contributed by atoms with E-state index in [9.17, 15) is 9.59 Å². The van der Waals surface area contributed by atoms with Gasteiger partial charge in [0.2, 0.25) is 0 Å². The lowest BCUT2D eigenvalue weighted by atomic mass is 10.2. The average molecular weight is 221 g/mol. The number of carbonyl (C=O) groups excluding carboxylic acids is 2. The second-order valence-electron chi connectivity index (χ2n) is 3.70. The van der Waals surface area contributed by atoms with Gasteiger partial charge in [-0.3, -0.25) is 10.1 Å². The first-order valence-electron chi connectivity index (χ1n) is 4.96. The average Bonchev–Trinajstić information content (AvgIpc) is 2.16. The number of imide groups is 1. The van der Waals surface area contributed by atoms with E-state index < -0.39 is 11.9 Å². The van der Waals surface area contributed by atoms with Gasteiger partial charge in [-0.1, -0.05) is 0 Å². The Bertz CT molecular complexity index is 385. The van der Waals surface area contributed by atoms with E-state index in [0.29, 0.717) is 11.3 Å². The molecule has 5 nitrogen and oxygen atoms in total. The molecule has 0 spiro atoms. The predicted molar refractivity (Wildman–Crippen MR) is 62.0 cm³/mol. The molecule has 4 N–H and O–H groups in total. The molecule has 1 rings (SSSR count). The highest BCUT2D eigenvalue weighted by Gasteiger charge is 2.10. The van der Waals surface area contributed by atoms with Crippen molar-refractivity contribution in [3.05, 3.63) is 29.8 Å². The highest BCUT2D eigenvalue weighted by molar-refractivity contribution is 6.04. The van der Waals surface area contributed by atoms with E-state index in [4.69, 9.17) is 5.73 Å². The smallest absolute Gasteiger partial charge is 0.321 e. The molecule has 0 aliphatic rings. The highest BCUT2D eigenvalue weighted by Crippen LogP contribution is 2.04. The molecule has 0 aliphatic heterocycles. The van der Waals surface area contributed by atoms with E-state index in [0.717, 1.165) is 0 Å². The Morgan fingerprint density at radius 1 is 1.19 bits per heavy atom. The summed E-state index contributed by atoms with van der Waals surface area (Å²) in [7, 11) is 0. The number of hydrogen-bond donors (Lipinski definition) is 3. The lowest BCUT2D eigenvalue weighted by molar-refractivity contribution is 0.0963. The van der Waals surface area contributed by atoms with Crippen LogP contribution < -0.4 is 16.4 Å². The molecular formula is C11H15N3O2. The quantitative estimate of drug-likeness (QED) is 0.654. The molecule has 0 saturated carbocycles. The molecule has 3 amide bonds. The molecule has 0 atom stereocenters. The van der Waals surface area contributed by atoms with Crippen LogP contribution in [-0.4, -0.2) is 18.0 Å². The number of nitrogens with two attached hydrogens (primary N) is 1. The summed E-state index contributed by atoms with van der Waals surface area (Å²) < 4.78 is 0. The molecule has 0 heterocycles. The lowest BCUT2D eigenvalue weighted by Crippen LogP contribution is -2.42. The Labute approximate surface area is 94.0 Å². The molecule has 0 fully saturated rings. The Morgan fingerprint density at radius 2 is 1.75 bits per heavy atom. The Hall–Kier alpha value is -2.04. The van der Waals surface area contributed by atoms with E-state index in [1.54, 1.807) is 24.3 Å². The number of rotatable bonds is 2. The summed E-state index contributed by atoms with van der Waals surface area (Å²) in [5, 5.41) is 4.78. The van der Waals surface area contributed by atoms with Crippen molar-refractivity contribution in [3.8, 4) is 0 Å². The SMILES string of the molecule is CC(C)NC(=O)NC(=O)c1ccc(N)cc1. The van der Waals surface area contributed by atoms with Crippen LogP contribution in [0.25, 0.3) is 0 Å². The van der Waals surface area contributed by atoms with Crippen LogP contribution in [0.4, 0.5) is 10.5 Å². The van der Waals surface area contributed by atoms with Crippen LogP contribution in [0.1, 0.15) is 24.2 Å². The summed E-state index contributed by atoms with van der Waals surface area (Å²) in [4.78, 5) is 22.8. The van der Waals surface area contributed by atoms with Crippen molar-refractivity contribution < 1.29 is 9.59 Å². The van der Waals surface area contributed by atoms with E-state index in [1.165, 1.54) is 0 Å². The van der Waals surface area contributed by atoms with Gasteiger partial charge in [0, 0.05) is 17.3 Å². The molecule has 86 valence electrons. The van der Waals surface area contributed by atoms with Crippen LogP contribution in [0.3, 0.4) is 0 Å². The minimum absolute atomic E-state index is 0.0146. The molecule has 0 radical (unpaired) electrons. The van der Waals surface area contributed by atoms with Gasteiger partial charge >= 0.3 is 6.03 Å². The maximum absolute atomic E-state index is 11.5. The van der Waals surface area contributed by atoms with Gasteiger partial charge in [-0.25, -0.2) is 4.79 Å². The first-order valence-corrected chi connectivity index (χ1v) is 4.96. The summed E-state index contributed by atoms with van der Waals surface area (Å²) in [6.07, 6.45) is 0. The number of carbonyl (C=O) groups is 2. The number of anilines is 1. The number of urea groups is 1. The fourth-order valence-corrected chi connectivity index (χ4v) is 1.11. The van der Waals surface area contributed by atoms with Crippen LogP contribution in [0.15, 0.2) is 24.3 Å². The molecule has 1 aromatic rings. The fraction of sp³-hybridized carbons (Fsp3) is 0.273. The van der Waals surface area contributed by atoms with Gasteiger partial charge in [0.1, 0.15) is 0 Å². The van der Waals surface area contributed by atoms with Gasteiger partial charge in [0.05, 0.1) is 0 Å². The Kier molecular flexibility index (Phi) is 3.88. The fourth-order valence-electron chi connectivity index (χ4n) is 1.11. The molecule has 16 heavy (non-hydrogen) atoms. The molecule has 0 aromatic heterocycles. The number of amides is 3. The monoisotopic (exact) mass is 221 g/mol. The number of hydrogen-bond acceptors (Lipinski definition) is 3. The molecule has 0 saturated heterocycles. The first kappa shape index (κ1) is 12.0. The van der Waals surface area contributed by atoms with Crippen LogP contribution >= 0.6 is 0 Å². The second-order valence-corrected chi connectivity index (χ2v) is 3.70. The van der Waals surface area contributed by atoms with Gasteiger partial charge in [0.15, 0.2) is 0 Å². The van der Waals surface area contributed by atoms with E-state index in [-0.39, 0.29) is 6.04 Å². The normalized spacial score (nSPS) is 9.94. The van der Waals surface area contributed by atoms with Gasteiger partial charge in [-0.15, -0.1) is 0 Å². The third-order valence-corrected chi connectivity index (χ3v) is 1.82. The van der Waals surface area contributed by atoms with Gasteiger partial charge < -0.3 is 11.1 Å². The zero-order valence-corrected chi connectivity index (χ0v) is 9.28. The largest absolute Gasteiger partial charge is 0.399 e. The van der Waals surface area contributed by atoms with Crippen molar-refractivity contribution in [2.75, 3.05) is 5.73 Å². The van der Waals surface area contributed by atoms with Crippen LogP contribution in [-0.2, 0) is 0 Å². The van der Waals surface area contributed by atoms with Crippen molar-refractivity contribution >= 4 is 17.6 Å². The van der Waals surface area contributed by atoms with Gasteiger partial charge in [-0.05, 0) is 38.1 Å². The van der Waals surface area contributed by atoms with Crippen molar-refractivity contribution in [1.82, 2.24) is 10.6 Å². The van der Waals surface area contributed by atoms with Crippen molar-refractivity contribution in [1.29, 1.82) is 0 Å². The van der Waals surface area contributed by atoms with E-state index >= 15 is 0 Å². The molecular weight excluding hydrogens is 206 g/mol. The zero-order valence-electron chi connectivity index (χ0n) is 9.28. The second kappa shape index (κ2) is 5.16. The zero-order chi connectivity index (χ0) is 12.1. The first-order chi connectivity index (χ1) is 7.49. The molecule has 0 bridgehead atoms. The van der Waals surface area contributed by atoms with Crippen LogP contribution in [0, 0.1) is 0 Å². The lowest BCUT2D eigenvalue weighted by Gasteiger charge is -2.09. The molecule has 0 unspecified atom stereocenters. The van der Waals surface area contributed by atoms with Crippen molar-refractivity contribution in [2.24, 2.45) is 0 Å². The predicted octanol–water partition coefficient (Wildman–Crippen LogP) is 1.12. The maximum atomic E-state index is 11.5. The Balaban J connectivity index is 2.59. The van der Waals surface area contributed by atoms with Crippen molar-refractivity contribution in [3.63, 3.8) is 0 Å². The minimum Gasteiger partial charge on any atom is -0.399 e.